The fourth-order valence-corrected chi connectivity index (χ4v) is 2.09. The van der Waals surface area contributed by atoms with E-state index >= 15 is 0 Å². The normalized spacial score (nSPS) is 12.2. The van der Waals surface area contributed by atoms with E-state index in [0.29, 0.717) is 11.6 Å². The maximum absolute atomic E-state index is 8.84. The van der Waals surface area contributed by atoms with Gasteiger partial charge < -0.3 is 10.2 Å². The van der Waals surface area contributed by atoms with Crippen molar-refractivity contribution in [1.29, 1.82) is 5.26 Å². The van der Waals surface area contributed by atoms with Crippen LogP contribution in [-0.2, 0) is 0 Å². The van der Waals surface area contributed by atoms with Gasteiger partial charge in [0.25, 0.3) is 0 Å². The lowest BCUT2D eigenvalue weighted by Crippen LogP contribution is -2.32. The van der Waals surface area contributed by atoms with Crippen molar-refractivity contribution in [2.75, 3.05) is 25.5 Å². The maximum atomic E-state index is 8.84. The molecule has 0 aliphatic carbocycles. The molecule has 0 heterocycles. The molecular weight excluding hydrogens is 290 g/mol. The lowest BCUT2D eigenvalue weighted by molar-refractivity contribution is 0.261. The molecular formula is C14H20BrN3. The van der Waals surface area contributed by atoms with Gasteiger partial charge in [0, 0.05) is 29.3 Å². The van der Waals surface area contributed by atoms with Crippen molar-refractivity contribution in [3.8, 4) is 6.07 Å². The Morgan fingerprint density at radius 1 is 1.50 bits per heavy atom. The molecule has 0 aliphatic heterocycles. The minimum atomic E-state index is 0.611. The van der Waals surface area contributed by atoms with E-state index in [-0.39, 0.29) is 0 Å². The molecule has 0 fully saturated rings. The maximum Gasteiger partial charge on any atom is 0.100 e. The molecule has 1 N–H and O–H groups in total. The Hall–Kier alpha value is -1.05. The van der Waals surface area contributed by atoms with Gasteiger partial charge >= 0.3 is 0 Å². The minimum Gasteiger partial charge on any atom is -0.384 e. The Morgan fingerprint density at radius 2 is 2.22 bits per heavy atom. The van der Waals surface area contributed by atoms with E-state index < -0.39 is 0 Å². The summed E-state index contributed by atoms with van der Waals surface area (Å²) in [6, 6.07) is 8.45. The van der Waals surface area contributed by atoms with Gasteiger partial charge in [0.15, 0.2) is 0 Å². The lowest BCUT2D eigenvalue weighted by Gasteiger charge is -2.23. The Kier molecular flexibility index (Phi) is 6.17. The Balaban J connectivity index is 2.45. The molecule has 0 radical (unpaired) electrons. The predicted octanol–water partition coefficient (Wildman–Crippen LogP) is 3.46. The molecule has 1 atom stereocenters. The third-order valence-electron chi connectivity index (χ3n) is 3.23. The van der Waals surface area contributed by atoms with Crippen molar-refractivity contribution >= 4 is 21.6 Å². The van der Waals surface area contributed by atoms with Crippen LogP contribution in [-0.4, -0.2) is 31.1 Å². The smallest absolute Gasteiger partial charge is 0.100 e. The van der Waals surface area contributed by atoms with Gasteiger partial charge in [-0.25, -0.2) is 0 Å². The van der Waals surface area contributed by atoms with Crippen LogP contribution >= 0.6 is 15.9 Å². The third-order valence-corrected chi connectivity index (χ3v) is 3.88. The van der Waals surface area contributed by atoms with Crippen molar-refractivity contribution in [2.45, 2.75) is 26.3 Å². The predicted molar refractivity (Wildman–Crippen MR) is 79.7 cm³/mol. The van der Waals surface area contributed by atoms with Crippen molar-refractivity contribution in [2.24, 2.45) is 0 Å². The number of nitriles is 1. The Morgan fingerprint density at radius 3 is 2.78 bits per heavy atom. The van der Waals surface area contributed by atoms with Crippen LogP contribution in [0.4, 0.5) is 5.69 Å². The summed E-state index contributed by atoms with van der Waals surface area (Å²) < 4.78 is 0.838. The van der Waals surface area contributed by atoms with Crippen LogP contribution in [0, 0.1) is 11.3 Å². The SMILES string of the molecule is CCC(C)N(C)CCNc1ccc(C#N)c(Br)c1. The average Bonchev–Trinajstić information content (AvgIpc) is 2.37. The van der Waals surface area contributed by atoms with Crippen LogP contribution in [0.1, 0.15) is 25.8 Å². The molecule has 1 aromatic carbocycles. The molecule has 0 spiro atoms. The summed E-state index contributed by atoms with van der Waals surface area (Å²) in [6.07, 6.45) is 1.17. The molecule has 1 aromatic rings. The monoisotopic (exact) mass is 309 g/mol. The summed E-state index contributed by atoms with van der Waals surface area (Å²) in [4.78, 5) is 2.34. The Bertz CT molecular complexity index is 426. The number of anilines is 1. The molecule has 0 saturated carbocycles. The number of halogens is 1. The largest absolute Gasteiger partial charge is 0.384 e. The summed E-state index contributed by atoms with van der Waals surface area (Å²) in [5.41, 5.74) is 1.70. The molecule has 0 aromatic heterocycles. The first-order valence-corrected chi connectivity index (χ1v) is 7.01. The number of hydrogen-bond acceptors (Lipinski definition) is 3. The summed E-state index contributed by atoms with van der Waals surface area (Å²) in [7, 11) is 2.14. The quantitative estimate of drug-likeness (QED) is 0.874. The number of benzene rings is 1. The molecule has 18 heavy (non-hydrogen) atoms. The van der Waals surface area contributed by atoms with Gasteiger partial charge in [-0.05, 0) is 54.5 Å². The topological polar surface area (TPSA) is 39.1 Å². The highest BCUT2D eigenvalue weighted by Gasteiger charge is 2.06. The Labute approximate surface area is 118 Å². The van der Waals surface area contributed by atoms with Crippen LogP contribution < -0.4 is 5.32 Å². The summed E-state index contributed by atoms with van der Waals surface area (Å²) in [5, 5.41) is 12.2. The van der Waals surface area contributed by atoms with E-state index in [4.69, 9.17) is 5.26 Å². The van der Waals surface area contributed by atoms with Gasteiger partial charge in [0.05, 0.1) is 5.56 Å². The van der Waals surface area contributed by atoms with Gasteiger partial charge in [0.1, 0.15) is 6.07 Å². The van der Waals surface area contributed by atoms with E-state index in [1.165, 1.54) is 6.42 Å². The number of nitrogens with one attached hydrogen (secondary N) is 1. The average molecular weight is 310 g/mol. The molecule has 0 saturated heterocycles. The zero-order valence-corrected chi connectivity index (χ0v) is 12.8. The zero-order chi connectivity index (χ0) is 13.5. The van der Waals surface area contributed by atoms with E-state index in [2.05, 4.69) is 53.1 Å². The minimum absolute atomic E-state index is 0.611. The molecule has 98 valence electrons. The summed E-state index contributed by atoms with van der Waals surface area (Å²) in [5.74, 6) is 0. The van der Waals surface area contributed by atoms with Gasteiger partial charge in [-0.1, -0.05) is 6.92 Å². The molecule has 0 bridgehead atoms. The highest BCUT2D eigenvalue weighted by atomic mass is 79.9. The molecule has 0 aliphatic rings. The van der Waals surface area contributed by atoms with Gasteiger partial charge in [0.2, 0.25) is 0 Å². The standard InChI is InChI=1S/C14H20BrN3/c1-4-11(2)18(3)8-7-17-13-6-5-12(10-16)14(15)9-13/h5-6,9,11,17H,4,7-8H2,1-3H3. The number of likely N-dealkylation sites (N-methyl/N-ethyl adjacent to an activating group) is 1. The highest BCUT2D eigenvalue weighted by Crippen LogP contribution is 2.20. The highest BCUT2D eigenvalue weighted by molar-refractivity contribution is 9.10. The van der Waals surface area contributed by atoms with Crippen LogP contribution in [0.3, 0.4) is 0 Å². The summed E-state index contributed by atoms with van der Waals surface area (Å²) in [6.45, 7) is 6.34. The second kappa shape index (κ2) is 7.40. The van der Waals surface area contributed by atoms with E-state index in [1.807, 2.05) is 18.2 Å². The fourth-order valence-electron chi connectivity index (χ4n) is 1.62. The van der Waals surface area contributed by atoms with Gasteiger partial charge in [-0.15, -0.1) is 0 Å². The third kappa shape index (κ3) is 4.32. The van der Waals surface area contributed by atoms with E-state index in [0.717, 1.165) is 23.2 Å². The molecule has 1 unspecified atom stereocenters. The van der Waals surface area contributed by atoms with E-state index in [1.54, 1.807) is 0 Å². The first-order chi connectivity index (χ1) is 8.58. The first kappa shape index (κ1) is 15.0. The van der Waals surface area contributed by atoms with Gasteiger partial charge in [-0.2, -0.15) is 5.26 Å². The van der Waals surface area contributed by atoms with Crippen molar-refractivity contribution in [3.63, 3.8) is 0 Å². The molecule has 1 rings (SSSR count). The summed E-state index contributed by atoms with van der Waals surface area (Å²) >= 11 is 3.39. The zero-order valence-electron chi connectivity index (χ0n) is 11.2. The van der Waals surface area contributed by atoms with Crippen LogP contribution in [0.2, 0.25) is 0 Å². The van der Waals surface area contributed by atoms with Crippen molar-refractivity contribution in [1.82, 2.24) is 4.90 Å². The van der Waals surface area contributed by atoms with Crippen LogP contribution in [0.25, 0.3) is 0 Å². The molecule has 0 amide bonds. The number of hydrogen-bond donors (Lipinski definition) is 1. The lowest BCUT2D eigenvalue weighted by atomic mass is 10.2. The second-order valence-electron chi connectivity index (χ2n) is 4.47. The fraction of sp³-hybridized carbons (Fsp3) is 0.500. The van der Waals surface area contributed by atoms with E-state index in [9.17, 15) is 0 Å². The number of nitrogens with zero attached hydrogens (tertiary/aromatic N) is 2. The molecule has 4 heteroatoms. The van der Waals surface area contributed by atoms with Crippen LogP contribution in [0.5, 0.6) is 0 Å². The second-order valence-corrected chi connectivity index (χ2v) is 5.33. The number of rotatable bonds is 6. The van der Waals surface area contributed by atoms with Crippen molar-refractivity contribution in [3.05, 3.63) is 28.2 Å². The first-order valence-electron chi connectivity index (χ1n) is 6.22. The molecule has 3 nitrogen and oxygen atoms in total. The van der Waals surface area contributed by atoms with Gasteiger partial charge in [-0.3, -0.25) is 0 Å². The van der Waals surface area contributed by atoms with Crippen LogP contribution in [0.15, 0.2) is 22.7 Å². The van der Waals surface area contributed by atoms with Crippen molar-refractivity contribution < 1.29 is 0 Å².